The number of halogens is 1. The van der Waals surface area contributed by atoms with E-state index in [0.29, 0.717) is 5.82 Å². The summed E-state index contributed by atoms with van der Waals surface area (Å²) < 4.78 is 6.09. The number of benzene rings is 2. The third-order valence-corrected chi connectivity index (χ3v) is 3.83. The van der Waals surface area contributed by atoms with E-state index in [9.17, 15) is 4.79 Å². The van der Waals surface area contributed by atoms with Crippen LogP contribution in [0.2, 0.25) is 0 Å². The van der Waals surface area contributed by atoms with E-state index in [2.05, 4.69) is 36.4 Å². The minimum Gasteiger partial charge on any atom is -0.497 e. The van der Waals surface area contributed by atoms with Gasteiger partial charge >= 0.3 is 0 Å². The molecule has 6 nitrogen and oxygen atoms in total. The largest absolute Gasteiger partial charge is 0.497 e. The van der Waals surface area contributed by atoms with Crippen LogP contribution in [0.4, 0.5) is 5.95 Å². The van der Waals surface area contributed by atoms with Gasteiger partial charge in [-0.15, -0.1) is 5.10 Å². The van der Waals surface area contributed by atoms with Crippen molar-refractivity contribution < 1.29 is 9.53 Å². The first kappa shape index (κ1) is 16.9. The molecule has 0 saturated heterocycles. The zero-order valence-electron chi connectivity index (χ0n) is 13.4. The molecule has 0 aliphatic heterocycles. The zero-order chi connectivity index (χ0) is 17.6. The maximum Gasteiger partial charge on any atom is 0.250 e. The van der Waals surface area contributed by atoms with Crippen LogP contribution in [0.1, 0.15) is 5.56 Å². The third-order valence-electron chi connectivity index (χ3n) is 3.34. The highest BCUT2D eigenvalue weighted by Crippen LogP contribution is 2.20. The summed E-state index contributed by atoms with van der Waals surface area (Å²) in [6.07, 6.45) is 3.11. The van der Waals surface area contributed by atoms with Crippen molar-refractivity contribution in [3.8, 4) is 17.1 Å². The Labute approximate surface area is 153 Å². The molecule has 2 aromatic carbocycles. The van der Waals surface area contributed by atoms with Gasteiger partial charge in [0.2, 0.25) is 5.95 Å². The number of nitrogens with zero attached hydrogens (tertiary/aromatic N) is 2. The Balaban J connectivity index is 1.66. The summed E-state index contributed by atoms with van der Waals surface area (Å²) in [5, 5.41) is 9.44. The Kier molecular flexibility index (Phi) is 5.25. The molecular formula is C18H15BrN4O2. The number of methoxy groups -OCH3 is 1. The number of aromatic amines is 1. The summed E-state index contributed by atoms with van der Waals surface area (Å²) in [5.41, 5.74) is 1.73. The molecule has 2 N–H and O–H groups in total. The molecule has 0 spiro atoms. The summed E-state index contributed by atoms with van der Waals surface area (Å²) in [5.74, 6) is 1.21. The van der Waals surface area contributed by atoms with Crippen LogP contribution >= 0.6 is 15.9 Å². The number of rotatable bonds is 5. The first-order valence-electron chi connectivity index (χ1n) is 7.45. The van der Waals surface area contributed by atoms with Crippen molar-refractivity contribution in [3.63, 3.8) is 0 Å². The topological polar surface area (TPSA) is 79.9 Å². The molecule has 126 valence electrons. The number of ether oxygens (including phenoxy) is 1. The number of carbonyl (C=O) groups is 1. The number of H-pyrrole nitrogens is 1. The third kappa shape index (κ3) is 4.54. The fourth-order valence-corrected chi connectivity index (χ4v) is 2.55. The van der Waals surface area contributed by atoms with Gasteiger partial charge in [0, 0.05) is 16.1 Å². The maximum absolute atomic E-state index is 12.0. The lowest BCUT2D eigenvalue weighted by atomic mass is 10.2. The molecule has 0 aliphatic carbocycles. The highest BCUT2D eigenvalue weighted by molar-refractivity contribution is 9.10. The van der Waals surface area contributed by atoms with E-state index in [1.807, 2.05) is 48.5 Å². The van der Waals surface area contributed by atoms with E-state index in [1.165, 1.54) is 6.08 Å². The fraction of sp³-hybridized carbons (Fsp3) is 0.0556. The first-order chi connectivity index (χ1) is 12.1. The maximum atomic E-state index is 12.0. The standard InChI is InChI=1S/C18H15BrN4O2/c1-25-15-7-2-4-12(10-15)8-9-16(24)20-18-21-17(22-23-18)13-5-3-6-14(19)11-13/h2-11H,1H3,(H2,20,21,22,23,24)/b9-8+. The summed E-state index contributed by atoms with van der Waals surface area (Å²) >= 11 is 3.41. The normalized spacial score (nSPS) is 10.8. The average molecular weight is 399 g/mol. The van der Waals surface area contributed by atoms with Gasteiger partial charge < -0.3 is 4.74 Å². The molecule has 0 atom stereocenters. The molecular weight excluding hydrogens is 384 g/mol. The van der Waals surface area contributed by atoms with Gasteiger partial charge in [-0.05, 0) is 35.9 Å². The van der Waals surface area contributed by atoms with Crippen molar-refractivity contribution in [2.45, 2.75) is 0 Å². The van der Waals surface area contributed by atoms with Gasteiger partial charge in [-0.3, -0.25) is 15.2 Å². The number of nitrogens with one attached hydrogen (secondary N) is 2. The smallest absolute Gasteiger partial charge is 0.250 e. The molecule has 0 saturated carbocycles. The van der Waals surface area contributed by atoms with Crippen LogP contribution in [0.25, 0.3) is 17.5 Å². The van der Waals surface area contributed by atoms with Crippen molar-refractivity contribution in [3.05, 3.63) is 64.6 Å². The Morgan fingerprint density at radius 1 is 1.24 bits per heavy atom. The Morgan fingerprint density at radius 2 is 2.08 bits per heavy atom. The molecule has 7 heteroatoms. The zero-order valence-corrected chi connectivity index (χ0v) is 14.9. The number of aromatic nitrogens is 3. The van der Waals surface area contributed by atoms with E-state index in [0.717, 1.165) is 21.3 Å². The molecule has 3 rings (SSSR count). The SMILES string of the molecule is COc1cccc(/C=C/C(=O)Nc2n[nH]c(-c3cccc(Br)c3)n2)c1. The van der Waals surface area contributed by atoms with Gasteiger partial charge in [0.25, 0.3) is 5.91 Å². The quantitative estimate of drug-likeness (QED) is 0.638. The van der Waals surface area contributed by atoms with Crippen LogP contribution in [-0.4, -0.2) is 28.2 Å². The number of anilines is 1. The van der Waals surface area contributed by atoms with Gasteiger partial charge in [-0.2, -0.15) is 4.98 Å². The minimum absolute atomic E-state index is 0.218. The number of carbonyl (C=O) groups excluding carboxylic acids is 1. The van der Waals surface area contributed by atoms with Crippen LogP contribution in [0, 0.1) is 0 Å². The van der Waals surface area contributed by atoms with Gasteiger partial charge in [0.1, 0.15) is 5.75 Å². The Bertz CT molecular complexity index is 921. The van der Waals surface area contributed by atoms with E-state index in [4.69, 9.17) is 4.74 Å². The van der Waals surface area contributed by atoms with E-state index >= 15 is 0 Å². The van der Waals surface area contributed by atoms with Crippen LogP contribution in [0.5, 0.6) is 5.75 Å². The molecule has 1 aromatic heterocycles. The number of hydrogen-bond acceptors (Lipinski definition) is 4. The van der Waals surface area contributed by atoms with Gasteiger partial charge in [0.05, 0.1) is 7.11 Å². The van der Waals surface area contributed by atoms with Crippen LogP contribution in [-0.2, 0) is 4.79 Å². The molecule has 3 aromatic rings. The highest BCUT2D eigenvalue weighted by Gasteiger charge is 2.07. The second-order valence-corrected chi connectivity index (χ2v) is 6.03. The van der Waals surface area contributed by atoms with Crippen molar-refractivity contribution in [1.29, 1.82) is 0 Å². The van der Waals surface area contributed by atoms with Crippen molar-refractivity contribution in [1.82, 2.24) is 15.2 Å². The summed E-state index contributed by atoms with van der Waals surface area (Å²) in [4.78, 5) is 16.3. The van der Waals surface area contributed by atoms with Gasteiger partial charge in [0.15, 0.2) is 5.82 Å². The second-order valence-electron chi connectivity index (χ2n) is 5.12. The number of amides is 1. The fourth-order valence-electron chi connectivity index (χ4n) is 2.15. The first-order valence-corrected chi connectivity index (χ1v) is 8.25. The molecule has 0 radical (unpaired) electrons. The highest BCUT2D eigenvalue weighted by atomic mass is 79.9. The van der Waals surface area contributed by atoms with E-state index < -0.39 is 0 Å². The van der Waals surface area contributed by atoms with Crippen molar-refractivity contribution in [2.24, 2.45) is 0 Å². The molecule has 0 bridgehead atoms. The predicted octanol–water partition coefficient (Wildman–Crippen LogP) is 3.89. The van der Waals surface area contributed by atoms with Crippen LogP contribution < -0.4 is 10.1 Å². The lowest BCUT2D eigenvalue weighted by Crippen LogP contribution is -2.09. The Morgan fingerprint density at radius 3 is 2.88 bits per heavy atom. The lowest BCUT2D eigenvalue weighted by molar-refractivity contribution is -0.111. The molecule has 0 aliphatic rings. The average Bonchev–Trinajstić information content (AvgIpc) is 3.08. The van der Waals surface area contributed by atoms with Crippen molar-refractivity contribution in [2.75, 3.05) is 12.4 Å². The summed E-state index contributed by atoms with van der Waals surface area (Å²) in [6.45, 7) is 0. The van der Waals surface area contributed by atoms with Crippen LogP contribution in [0.3, 0.4) is 0 Å². The molecule has 1 amide bonds. The molecule has 0 fully saturated rings. The molecule has 1 heterocycles. The molecule has 25 heavy (non-hydrogen) atoms. The van der Waals surface area contributed by atoms with E-state index in [1.54, 1.807) is 13.2 Å². The minimum atomic E-state index is -0.317. The van der Waals surface area contributed by atoms with Crippen molar-refractivity contribution >= 4 is 33.9 Å². The van der Waals surface area contributed by atoms with Gasteiger partial charge in [-0.25, -0.2) is 0 Å². The lowest BCUT2D eigenvalue weighted by Gasteiger charge is -2.00. The molecule has 0 unspecified atom stereocenters. The van der Waals surface area contributed by atoms with Gasteiger partial charge in [-0.1, -0.05) is 40.2 Å². The predicted molar refractivity (Wildman–Crippen MR) is 100 cm³/mol. The number of hydrogen-bond donors (Lipinski definition) is 2. The second kappa shape index (κ2) is 7.76. The monoisotopic (exact) mass is 398 g/mol. The van der Waals surface area contributed by atoms with Crippen LogP contribution in [0.15, 0.2) is 59.1 Å². The summed E-state index contributed by atoms with van der Waals surface area (Å²) in [7, 11) is 1.60. The summed E-state index contributed by atoms with van der Waals surface area (Å²) in [6, 6.07) is 15.0. The van der Waals surface area contributed by atoms with E-state index in [-0.39, 0.29) is 11.9 Å². The Hall–Kier alpha value is -2.93.